The van der Waals surface area contributed by atoms with Crippen LogP contribution in [0.15, 0.2) is 17.2 Å². The molecule has 0 saturated carbocycles. The third-order valence-corrected chi connectivity index (χ3v) is 4.34. The van der Waals surface area contributed by atoms with Gasteiger partial charge in [-0.25, -0.2) is 9.78 Å². The Labute approximate surface area is 135 Å². The van der Waals surface area contributed by atoms with Crippen molar-refractivity contribution in [2.45, 2.75) is 6.42 Å². The minimum Gasteiger partial charge on any atom is -0.378 e. The van der Waals surface area contributed by atoms with E-state index in [2.05, 4.69) is 9.88 Å². The smallest absolute Gasteiger partial charge is 0.320 e. The number of urea groups is 1. The lowest BCUT2D eigenvalue weighted by molar-refractivity contribution is 0.0438. The van der Waals surface area contributed by atoms with Crippen LogP contribution in [0, 0.1) is 0 Å². The van der Waals surface area contributed by atoms with Gasteiger partial charge in [0.2, 0.25) is 0 Å². The zero-order chi connectivity index (χ0) is 16.2. The van der Waals surface area contributed by atoms with Crippen molar-refractivity contribution < 1.29 is 9.53 Å². The van der Waals surface area contributed by atoms with Gasteiger partial charge in [-0.1, -0.05) is 0 Å². The first-order valence-electron chi connectivity index (χ1n) is 8.04. The van der Waals surface area contributed by atoms with Gasteiger partial charge in [-0.05, 0) is 6.42 Å². The Morgan fingerprint density at radius 3 is 2.57 bits per heavy atom. The molecule has 3 rings (SSSR count). The zero-order valence-corrected chi connectivity index (χ0v) is 13.5. The number of hydrogen-bond donors (Lipinski definition) is 0. The van der Waals surface area contributed by atoms with Gasteiger partial charge in [0.05, 0.1) is 19.5 Å². The number of carbonyl (C=O) groups is 1. The maximum atomic E-state index is 12.6. The Balaban J connectivity index is 1.63. The summed E-state index contributed by atoms with van der Waals surface area (Å²) in [6.45, 7) is 5.42. The maximum Gasteiger partial charge on any atom is 0.320 e. The summed E-state index contributed by atoms with van der Waals surface area (Å²) in [5.41, 5.74) is -0.0690. The molecular weight excluding hydrogens is 298 g/mol. The highest BCUT2D eigenvalue weighted by Gasteiger charge is 2.25. The normalized spacial score (nSPS) is 19.6. The van der Waals surface area contributed by atoms with Crippen LogP contribution in [0.25, 0.3) is 0 Å². The molecule has 2 saturated heterocycles. The predicted molar refractivity (Wildman–Crippen MR) is 85.7 cm³/mol. The van der Waals surface area contributed by atoms with Crippen molar-refractivity contribution in [1.82, 2.24) is 19.4 Å². The molecule has 2 amide bonds. The molecule has 0 bridgehead atoms. The standard InChI is InChI=1S/C15H23N5O3/c1-17-12-16-13(11-14(17)21)18-3-2-4-19(6-5-18)15(22)20-7-9-23-10-8-20/h11-12H,2-10H2,1H3. The van der Waals surface area contributed by atoms with E-state index in [-0.39, 0.29) is 11.6 Å². The van der Waals surface area contributed by atoms with E-state index in [0.717, 1.165) is 19.5 Å². The highest BCUT2D eigenvalue weighted by molar-refractivity contribution is 5.74. The van der Waals surface area contributed by atoms with Gasteiger partial charge in [0, 0.05) is 52.4 Å². The van der Waals surface area contributed by atoms with Crippen molar-refractivity contribution >= 4 is 11.8 Å². The summed E-state index contributed by atoms with van der Waals surface area (Å²) in [4.78, 5) is 34.5. The summed E-state index contributed by atoms with van der Waals surface area (Å²) in [5, 5.41) is 0. The number of aryl methyl sites for hydroxylation is 1. The van der Waals surface area contributed by atoms with Crippen molar-refractivity contribution in [2.24, 2.45) is 7.05 Å². The van der Waals surface area contributed by atoms with Gasteiger partial charge in [-0.15, -0.1) is 0 Å². The van der Waals surface area contributed by atoms with Crippen molar-refractivity contribution in [2.75, 3.05) is 57.4 Å². The van der Waals surface area contributed by atoms with Gasteiger partial charge < -0.3 is 24.0 Å². The van der Waals surface area contributed by atoms with Gasteiger partial charge in [-0.2, -0.15) is 0 Å². The molecule has 0 aromatic carbocycles. The summed E-state index contributed by atoms with van der Waals surface area (Å²) in [5.74, 6) is 0.689. The molecule has 2 aliphatic heterocycles. The van der Waals surface area contributed by atoms with Crippen LogP contribution < -0.4 is 10.5 Å². The molecule has 1 aromatic heterocycles. The fraction of sp³-hybridized carbons (Fsp3) is 0.667. The monoisotopic (exact) mass is 321 g/mol. The highest BCUT2D eigenvalue weighted by atomic mass is 16.5. The van der Waals surface area contributed by atoms with Crippen LogP contribution in [-0.2, 0) is 11.8 Å². The molecule has 3 heterocycles. The summed E-state index contributed by atoms with van der Waals surface area (Å²) >= 11 is 0. The number of morpholine rings is 1. The number of hydrogen-bond acceptors (Lipinski definition) is 5. The molecule has 1 aromatic rings. The van der Waals surface area contributed by atoms with E-state index in [1.807, 2.05) is 9.80 Å². The summed E-state index contributed by atoms with van der Waals surface area (Å²) in [6, 6.07) is 1.64. The van der Waals surface area contributed by atoms with Gasteiger partial charge in [-0.3, -0.25) is 4.79 Å². The van der Waals surface area contributed by atoms with E-state index in [1.165, 1.54) is 4.57 Å². The van der Waals surface area contributed by atoms with Gasteiger partial charge in [0.1, 0.15) is 5.82 Å². The van der Waals surface area contributed by atoms with Crippen LogP contribution in [0.3, 0.4) is 0 Å². The number of carbonyl (C=O) groups excluding carboxylic acids is 1. The molecule has 0 N–H and O–H groups in total. The van der Waals surface area contributed by atoms with E-state index < -0.39 is 0 Å². The van der Waals surface area contributed by atoms with Crippen molar-refractivity contribution in [3.05, 3.63) is 22.7 Å². The molecule has 0 unspecified atom stereocenters. The predicted octanol–water partition coefficient (Wildman–Crippen LogP) is -0.255. The second-order valence-electron chi connectivity index (χ2n) is 5.91. The van der Waals surface area contributed by atoms with Crippen LogP contribution in [0.4, 0.5) is 10.6 Å². The lowest BCUT2D eigenvalue weighted by Gasteiger charge is -2.32. The molecule has 8 nitrogen and oxygen atoms in total. The highest BCUT2D eigenvalue weighted by Crippen LogP contribution is 2.13. The van der Waals surface area contributed by atoms with E-state index >= 15 is 0 Å². The van der Waals surface area contributed by atoms with Crippen LogP contribution in [-0.4, -0.2) is 77.9 Å². The van der Waals surface area contributed by atoms with Crippen LogP contribution in [0.2, 0.25) is 0 Å². The third-order valence-electron chi connectivity index (χ3n) is 4.34. The molecule has 0 aliphatic carbocycles. The number of aromatic nitrogens is 2. The molecule has 0 atom stereocenters. The Morgan fingerprint density at radius 2 is 1.83 bits per heavy atom. The zero-order valence-electron chi connectivity index (χ0n) is 13.5. The largest absolute Gasteiger partial charge is 0.378 e. The minimum atomic E-state index is -0.0690. The minimum absolute atomic E-state index is 0.0690. The van der Waals surface area contributed by atoms with Crippen molar-refractivity contribution in [1.29, 1.82) is 0 Å². The number of ether oxygens (including phenoxy) is 1. The van der Waals surface area contributed by atoms with E-state index in [9.17, 15) is 9.59 Å². The van der Waals surface area contributed by atoms with E-state index in [1.54, 1.807) is 19.4 Å². The molecular formula is C15H23N5O3. The molecule has 2 fully saturated rings. The number of anilines is 1. The van der Waals surface area contributed by atoms with E-state index in [4.69, 9.17) is 4.74 Å². The summed E-state index contributed by atoms with van der Waals surface area (Å²) in [7, 11) is 1.68. The number of rotatable bonds is 1. The summed E-state index contributed by atoms with van der Waals surface area (Å²) in [6.07, 6.45) is 2.41. The molecule has 8 heteroatoms. The van der Waals surface area contributed by atoms with Crippen molar-refractivity contribution in [3.63, 3.8) is 0 Å². The second kappa shape index (κ2) is 6.99. The lowest BCUT2D eigenvalue weighted by atomic mass is 10.3. The first-order valence-corrected chi connectivity index (χ1v) is 8.04. The Bertz CT molecular complexity index is 611. The third kappa shape index (κ3) is 3.64. The Hall–Kier alpha value is -2.09. The lowest BCUT2D eigenvalue weighted by Crippen LogP contribution is -2.49. The Kier molecular flexibility index (Phi) is 4.80. The molecule has 0 spiro atoms. The first-order chi connectivity index (χ1) is 11.1. The Morgan fingerprint density at radius 1 is 1.09 bits per heavy atom. The number of nitrogens with zero attached hydrogens (tertiary/aromatic N) is 5. The fourth-order valence-electron chi connectivity index (χ4n) is 2.92. The topological polar surface area (TPSA) is 70.9 Å². The van der Waals surface area contributed by atoms with Crippen LogP contribution in [0.5, 0.6) is 0 Å². The van der Waals surface area contributed by atoms with Crippen LogP contribution in [0.1, 0.15) is 6.42 Å². The quantitative estimate of drug-likeness (QED) is 0.713. The van der Waals surface area contributed by atoms with Gasteiger partial charge >= 0.3 is 6.03 Å². The van der Waals surface area contributed by atoms with E-state index in [0.29, 0.717) is 45.2 Å². The second-order valence-corrected chi connectivity index (χ2v) is 5.91. The maximum absolute atomic E-state index is 12.6. The molecule has 126 valence electrons. The van der Waals surface area contributed by atoms with Crippen molar-refractivity contribution in [3.8, 4) is 0 Å². The van der Waals surface area contributed by atoms with Gasteiger partial charge in [0.15, 0.2) is 0 Å². The summed E-state index contributed by atoms with van der Waals surface area (Å²) < 4.78 is 6.75. The van der Waals surface area contributed by atoms with Crippen LogP contribution >= 0.6 is 0 Å². The average molecular weight is 321 g/mol. The molecule has 0 radical (unpaired) electrons. The van der Waals surface area contributed by atoms with Gasteiger partial charge in [0.25, 0.3) is 5.56 Å². The fourth-order valence-corrected chi connectivity index (χ4v) is 2.92. The average Bonchev–Trinajstić information content (AvgIpc) is 2.83. The molecule has 23 heavy (non-hydrogen) atoms. The molecule has 2 aliphatic rings. The first kappa shape index (κ1) is 15.8. The number of amides is 2. The SMILES string of the molecule is Cn1cnc(N2CCCN(C(=O)N3CCOCC3)CC2)cc1=O.